The van der Waals surface area contributed by atoms with Crippen LogP contribution < -0.4 is 0 Å². The van der Waals surface area contributed by atoms with Gasteiger partial charge in [-0.3, -0.25) is 4.90 Å². The van der Waals surface area contributed by atoms with Gasteiger partial charge in [-0.1, -0.05) is 44.8 Å². The molecule has 0 aromatic heterocycles. The Morgan fingerprint density at radius 3 is 2.12 bits per heavy atom. The number of nitrogens with zero attached hydrogens (tertiary/aromatic N) is 2. The molecular formula is C15H30N2. The van der Waals surface area contributed by atoms with Crippen molar-refractivity contribution in [1.29, 1.82) is 0 Å². The Kier molecular flexibility index (Phi) is 7.54. The van der Waals surface area contributed by atoms with Crippen LogP contribution in [0.3, 0.4) is 0 Å². The molecule has 0 aromatic rings. The summed E-state index contributed by atoms with van der Waals surface area (Å²) in [5.41, 5.74) is 1.29. The molecule has 1 fully saturated rings. The van der Waals surface area contributed by atoms with Gasteiger partial charge in [0.05, 0.1) is 0 Å². The molecule has 1 saturated heterocycles. The van der Waals surface area contributed by atoms with Gasteiger partial charge in [0.15, 0.2) is 0 Å². The molecule has 1 aliphatic heterocycles. The van der Waals surface area contributed by atoms with E-state index in [2.05, 4.69) is 30.2 Å². The Morgan fingerprint density at radius 1 is 0.941 bits per heavy atom. The van der Waals surface area contributed by atoms with Crippen LogP contribution in [-0.4, -0.2) is 49.1 Å². The summed E-state index contributed by atoms with van der Waals surface area (Å²) in [6.07, 6.45) is 6.98. The van der Waals surface area contributed by atoms with Crippen molar-refractivity contribution < 1.29 is 0 Å². The summed E-state index contributed by atoms with van der Waals surface area (Å²) in [4.78, 5) is 5.15. The van der Waals surface area contributed by atoms with Crippen molar-refractivity contribution in [3.63, 3.8) is 0 Å². The zero-order valence-electron chi connectivity index (χ0n) is 11.9. The largest absolute Gasteiger partial charge is 0.301 e. The SMILES string of the molecule is C=C(C)CN1CCN(CCCCCCC)CC1. The fourth-order valence-corrected chi connectivity index (χ4v) is 2.49. The molecule has 0 saturated carbocycles. The Balaban J connectivity index is 2.01. The Hall–Kier alpha value is -0.340. The normalized spacial score (nSPS) is 18.5. The molecule has 0 N–H and O–H groups in total. The van der Waals surface area contributed by atoms with E-state index in [4.69, 9.17) is 0 Å². The molecule has 2 nitrogen and oxygen atoms in total. The van der Waals surface area contributed by atoms with Crippen LogP contribution in [-0.2, 0) is 0 Å². The van der Waals surface area contributed by atoms with E-state index in [0.29, 0.717) is 0 Å². The second-order valence-electron chi connectivity index (χ2n) is 5.49. The molecule has 0 atom stereocenters. The van der Waals surface area contributed by atoms with Gasteiger partial charge in [0.2, 0.25) is 0 Å². The van der Waals surface area contributed by atoms with Gasteiger partial charge in [0.25, 0.3) is 0 Å². The van der Waals surface area contributed by atoms with Crippen LogP contribution in [0.4, 0.5) is 0 Å². The number of hydrogen-bond acceptors (Lipinski definition) is 2. The average Bonchev–Trinajstić information content (AvgIpc) is 2.30. The molecule has 17 heavy (non-hydrogen) atoms. The number of piperazine rings is 1. The van der Waals surface area contributed by atoms with Crippen molar-refractivity contribution in [3.8, 4) is 0 Å². The van der Waals surface area contributed by atoms with Crippen molar-refractivity contribution in [2.24, 2.45) is 0 Å². The summed E-state index contributed by atoms with van der Waals surface area (Å²) >= 11 is 0. The predicted molar refractivity (Wildman–Crippen MR) is 76.5 cm³/mol. The second kappa shape index (κ2) is 8.71. The Labute approximate surface area is 108 Å². The smallest absolute Gasteiger partial charge is 0.0188 e. The van der Waals surface area contributed by atoms with Gasteiger partial charge in [0.1, 0.15) is 0 Å². The maximum absolute atomic E-state index is 3.99. The van der Waals surface area contributed by atoms with Gasteiger partial charge in [0, 0.05) is 32.7 Å². The Morgan fingerprint density at radius 2 is 1.53 bits per heavy atom. The number of hydrogen-bond donors (Lipinski definition) is 0. The molecule has 1 rings (SSSR count). The summed E-state index contributed by atoms with van der Waals surface area (Å²) in [6, 6.07) is 0. The lowest BCUT2D eigenvalue weighted by atomic mass is 10.1. The maximum Gasteiger partial charge on any atom is 0.0188 e. The highest BCUT2D eigenvalue weighted by atomic mass is 15.3. The van der Waals surface area contributed by atoms with Gasteiger partial charge in [-0.2, -0.15) is 0 Å². The van der Waals surface area contributed by atoms with Crippen molar-refractivity contribution in [1.82, 2.24) is 9.80 Å². The van der Waals surface area contributed by atoms with Crippen LogP contribution in [0.15, 0.2) is 12.2 Å². The summed E-state index contributed by atoms with van der Waals surface area (Å²) in [7, 11) is 0. The molecule has 0 spiro atoms. The molecule has 0 amide bonds. The minimum Gasteiger partial charge on any atom is -0.301 e. The minimum absolute atomic E-state index is 1.09. The quantitative estimate of drug-likeness (QED) is 0.473. The standard InChI is InChI=1S/C15H30N2/c1-4-5-6-7-8-9-16-10-12-17(13-11-16)14-15(2)3/h2,4-14H2,1,3H3. The summed E-state index contributed by atoms with van der Waals surface area (Å²) in [5.74, 6) is 0. The van der Waals surface area contributed by atoms with E-state index in [-0.39, 0.29) is 0 Å². The third kappa shape index (κ3) is 6.85. The summed E-state index contributed by atoms with van der Waals surface area (Å²) in [6.45, 7) is 15.7. The van der Waals surface area contributed by atoms with E-state index in [1.165, 1.54) is 70.4 Å². The van der Waals surface area contributed by atoms with E-state index >= 15 is 0 Å². The first-order chi connectivity index (χ1) is 8.22. The molecule has 1 heterocycles. The van der Waals surface area contributed by atoms with Gasteiger partial charge in [-0.05, 0) is 19.9 Å². The monoisotopic (exact) mass is 238 g/mol. The summed E-state index contributed by atoms with van der Waals surface area (Å²) < 4.78 is 0. The second-order valence-corrected chi connectivity index (χ2v) is 5.49. The highest BCUT2D eigenvalue weighted by Crippen LogP contribution is 2.07. The van der Waals surface area contributed by atoms with E-state index in [0.717, 1.165) is 6.54 Å². The number of unbranched alkanes of at least 4 members (excludes halogenated alkanes) is 4. The topological polar surface area (TPSA) is 6.48 Å². The zero-order chi connectivity index (χ0) is 12.5. The highest BCUT2D eigenvalue weighted by Gasteiger charge is 2.15. The average molecular weight is 238 g/mol. The number of rotatable bonds is 8. The minimum atomic E-state index is 1.09. The van der Waals surface area contributed by atoms with E-state index in [1.807, 2.05) is 0 Å². The van der Waals surface area contributed by atoms with E-state index in [1.54, 1.807) is 0 Å². The molecule has 1 aliphatic rings. The third-order valence-electron chi connectivity index (χ3n) is 3.54. The summed E-state index contributed by atoms with van der Waals surface area (Å²) in [5, 5.41) is 0. The first kappa shape index (κ1) is 14.7. The fourth-order valence-electron chi connectivity index (χ4n) is 2.49. The van der Waals surface area contributed by atoms with Crippen molar-refractivity contribution >= 4 is 0 Å². The van der Waals surface area contributed by atoms with Gasteiger partial charge >= 0.3 is 0 Å². The van der Waals surface area contributed by atoms with Crippen molar-refractivity contribution in [2.45, 2.75) is 46.0 Å². The van der Waals surface area contributed by atoms with Gasteiger partial charge in [-0.15, -0.1) is 0 Å². The van der Waals surface area contributed by atoms with Crippen LogP contribution in [0.1, 0.15) is 46.0 Å². The lowest BCUT2D eigenvalue weighted by molar-refractivity contribution is 0.138. The lowest BCUT2D eigenvalue weighted by Crippen LogP contribution is -2.46. The van der Waals surface area contributed by atoms with Crippen LogP contribution in [0, 0.1) is 0 Å². The first-order valence-corrected chi connectivity index (χ1v) is 7.31. The molecule has 2 heteroatoms. The van der Waals surface area contributed by atoms with Gasteiger partial charge < -0.3 is 4.90 Å². The molecule has 100 valence electrons. The van der Waals surface area contributed by atoms with E-state index in [9.17, 15) is 0 Å². The maximum atomic E-state index is 3.99. The molecular weight excluding hydrogens is 208 g/mol. The highest BCUT2D eigenvalue weighted by molar-refractivity contribution is 4.92. The zero-order valence-corrected chi connectivity index (χ0v) is 11.9. The predicted octanol–water partition coefficient (Wildman–Crippen LogP) is 3.15. The molecule has 0 unspecified atom stereocenters. The molecule has 0 bridgehead atoms. The van der Waals surface area contributed by atoms with Gasteiger partial charge in [-0.25, -0.2) is 0 Å². The van der Waals surface area contributed by atoms with Crippen LogP contribution in [0.2, 0.25) is 0 Å². The molecule has 0 aromatic carbocycles. The lowest BCUT2D eigenvalue weighted by Gasteiger charge is -2.34. The third-order valence-corrected chi connectivity index (χ3v) is 3.54. The van der Waals surface area contributed by atoms with Crippen LogP contribution in [0.25, 0.3) is 0 Å². The van der Waals surface area contributed by atoms with E-state index < -0.39 is 0 Å². The van der Waals surface area contributed by atoms with Crippen LogP contribution in [0.5, 0.6) is 0 Å². The van der Waals surface area contributed by atoms with Crippen molar-refractivity contribution in [3.05, 3.63) is 12.2 Å². The van der Waals surface area contributed by atoms with Crippen LogP contribution >= 0.6 is 0 Å². The molecule has 0 aliphatic carbocycles. The Bertz CT molecular complexity index is 205. The molecule has 0 radical (unpaired) electrons. The van der Waals surface area contributed by atoms with Crippen molar-refractivity contribution in [2.75, 3.05) is 39.3 Å². The fraction of sp³-hybridized carbons (Fsp3) is 0.867. The first-order valence-electron chi connectivity index (χ1n) is 7.31.